The predicted octanol–water partition coefficient (Wildman–Crippen LogP) is 2.56. The van der Waals surface area contributed by atoms with Gasteiger partial charge in [-0.05, 0) is 23.8 Å². The predicted molar refractivity (Wildman–Crippen MR) is 81.0 cm³/mol. The molecular formula is C16H12N2O4. The summed E-state index contributed by atoms with van der Waals surface area (Å²) < 4.78 is 0. The Morgan fingerprint density at radius 3 is 2.45 bits per heavy atom. The second-order valence-corrected chi connectivity index (χ2v) is 4.37. The number of rotatable bonds is 4. The molecule has 0 saturated heterocycles. The van der Waals surface area contributed by atoms with E-state index in [9.17, 15) is 19.7 Å². The number of nitrogens with zero attached hydrogens (tertiary/aromatic N) is 1. The summed E-state index contributed by atoms with van der Waals surface area (Å²) in [4.78, 5) is 33.6. The summed E-state index contributed by atoms with van der Waals surface area (Å²) >= 11 is 0. The first-order chi connectivity index (χ1) is 10.6. The van der Waals surface area contributed by atoms with Gasteiger partial charge in [-0.2, -0.15) is 0 Å². The van der Waals surface area contributed by atoms with Crippen LogP contribution in [0.1, 0.15) is 15.9 Å². The summed E-state index contributed by atoms with van der Waals surface area (Å²) in [6.45, 7) is 0. The molecule has 0 aliphatic rings. The van der Waals surface area contributed by atoms with Crippen molar-refractivity contribution in [1.29, 1.82) is 0 Å². The van der Waals surface area contributed by atoms with Gasteiger partial charge in [0.1, 0.15) is 0 Å². The minimum absolute atomic E-state index is 0.0667. The van der Waals surface area contributed by atoms with Crippen LogP contribution in [0.25, 0.3) is 6.08 Å². The summed E-state index contributed by atoms with van der Waals surface area (Å²) in [5.74, 6) is -1.10. The van der Waals surface area contributed by atoms with Gasteiger partial charge in [0.05, 0.1) is 4.92 Å². The SMILES string of the molecule is O=C(/C=C/c1cccc([N+](=O)[O-])c1)NC(=O)c1ccccc1. The van der Waals surface area contributed by atoms with Crippen molar-refractivity contribution in [3.63, 3.8) is 0 Å². The zero-order chi connectivity index (χ0) is 15.9. The molecule has 0 radical (unpaired) electrons. The van der Waals surface area contributed by atoms with Crippen LogP contribution in [0.2, 0.25) is 0 Å². The van der Waals surface area contributed by atoms with Crippen LogP contribution < -0.4 is 5.32 Å². The number of benzene rings is 2. The Kier molecular flexibility index (Phi) is 4.77. The van der Waals surface area contributed by atoms with E-state index in [1.54, 1.807) is 36.4 Å². The second-order valence-electron chi connectivity index (χ2n) is 4.37. The van der Waals surface area contributed by atoms with Gasteiger partial charge in [-0.25, -0.2) is 0 Å². The topological polar surface area (TPSA) is 89.3 Å². The van der Waals surface area contributed by atoms with E-state index >= 15 is 0 Å². The van der Waals surface area contributed by atoms with Crippen LogP contribution in [0, 0.1) is 10.1 Å². The van der Waals surface area contributed by atoms with Crippen molar-refractivity contribution in [1.82, 2.24) is 5.32 Å². The molecule has 0 saturated carbocycles. The van der Waals surface area contributed by atoms with E-state index in [0.29, 0.717) is 11.1 Å². The molecule has 0 aromatic heterocycles. The van der Waals surface area contributed by atoms with Crippen LogP contribution in [0.15, 0.2) is 60.7 Å². The number of imide groups is 1. The summed E-state index contributed by atoms with van der Waals surface area (Å²) in [5.41, 5.74) is 0.805. The monoisotopic (exact) mass is 296 g/mol. The molecule has 6 nitrogen and oxygen atoms in total. The van der Waals surface area contributed by atoms with E-state index in [1.165, 1.54) is 24.3 Å². The highest BCUT2D eigenvalue weighted by Crippen LogP contribution is 2.14. The fraction of sp³-hybridized carbons (Fsp3) is 0. The maximum Gasteiger partial charge on any atom is 0.270 e. The number of nitro benzene ring substituents is 1. The summed E-state index contributed by atoms with van der Waals surface area (Å²) in [7, 11) is 0. The summed E-state index contributed by atoms with van der Waals surface area (Å²) in [6, 6.07) is 14.2. The van der Waals surface area contributed by atoms with Gasteiger partial charge in [0, 0.05) is 23.8 Å². The average molecular weight is 296 g/mol. The molecule has 0 aliphatic carbocycles. The maximum atomic E-state index is 11.8. The smallest absolute Gasteiger partial charge is 0.270 e. The van der Waals surface area contributed by atoms with Gasteiger partial charge >= 0.3 is 0 Å². The van der Waals surface area contributed by atoms with Crippen molar-refractivity contribution < 1.29 is 14.5 Å². The van der Waals surface area contributed by atoms with E-state index in [0.717, 1.165) is 6.08 Å². The Morgan fingerprint density at radius 1 is 1.05 bits per heavy atom. The summed E-state index contributed by atoms with van der Waals surface area (Å²) in [5, 5.41) is 12.9. The van der Waals surface area contributed by atoms with Crippen LogP contribution in [0.3, 0.4) is 0 Å². The number of carbonyl (C=O) groups excluding carboxylic acids is 2. The Labute approximate surface area is 126 Å². The first kappa shape index (κ1) is 15.1. The first-order valence-electron chi connectivity index (χ1n) is 6.39. The van der Waals surface area contributed by atoms with E-state index in [2.05, 4.69) is 5.32 Å². The van der Waals surface area contributed by atoms with Gasteiger partial charge in [0.25, 0.3) is 17.5 Å². The van der Waals surface area contributed by atoms with Crippen molar-refractivity contribution >= 4 is 23.6 Å². The van der Waals surface area contributed by atoms with Gasteiger partial charge < -0.3 is 0 Å². The number of hydrogen-bond acceptors (Lipinski definition) is 4. The molecule has 2 rings (SSSR count). The molecule has 0 spiro atoms. The molecule has 6 heteroatoms. The third-order valence-corrected chi connectivity index (χ3v) is 2.78. The van der Waals surface area contributed by atoms with Gasteiger partial charge in [0.15, 0.2) is 0 Å². The standard InChI is InChI=1S/C16H12N2O4/c19-15(17-16(20)13-6-2-1-3-7-13)10-9-12-5-4-8-14(11-12)18(21)22/h1-11H,(H,17,19,20)/b10-9+. The lowest BCUT2D eigenvalue weighted by atomic mass is 10.2. The van der Waals surface area contributed by atoms with E-state index < -0.39 is 16.7 Å². The second kappa shape index (κ2) is 6.94. The number of hydrogen-bond donors (Lipinski definition) is 1. The Balaban J connectivity index is 2.01. The highest BCUT2D eigenvalue weighted by Gasteiger charge is 2.07. The number of carbonyl (C=O) groups is 2. The molecule has 0 bridgehead atoms. The molecule has 2 aromatic rings. The molecular weight excluding hydrogens is 284 g/mol. The van der Waals surface area contributed by atoms with Crippen LogP contribution in [0.5, 0.6) is 0 Å². The minimum atomic E-state index is -0.597. The lowest BCUT2D eigenvalue weighted by Crippen LogP contribution is -2.28. The maximum absolute atomic E-state index is 11.8. The van der Waals surface area contributed by atoms with E-state index in [-0.39, 0.29) is 5.69 Å². The summed E-state index contributed by atoms with van der Waals surface area (Å²) in [6.07, 6.45) is 2.56. The molecule has 2 aromatic carbocycles. The zero-order valence-corrected chi connectivity index (χ0v) is 11.4. The molecule has 2 amide bonds. The number of non-ortho nitro benzene ring substituents is 1. The number of amides is 2. The molecule has 0 unspecified atom stereocenters. The van der Waals surface area contributed by atoms with Crippen molar-refractivity contribution in [3.8, 4) is 0 Å². The normalized spacial score (nSPS) is 10.4. The number of nitro groups is 1. The molecule has 0 fully saturated rings. The molecule has 110 valence electrons. The molecule has 22 heavy (non-hydrogen) atoms. The largest absolute Gasteiger partial charge is 0.289 e. The lowest BCUT2D eigenvalue weighted by molar-refractivity contribution is -0.384. The van der Waals surface area contributed by atoms with Crippen molar-refractivity contribution in [2.45, 2.75) is 0 Å². The number of nitrogens with one attached hydrogen (secondary N) is 1. The quantitative estimate of drug-likeness (QED) is 0.533. The third-order valence-electron chi connectivity index (χ3n) is 2.78. The van der Waals surface area contributed by atoms with Crippen molar-refractivity contribution in [2.75, 3.05) is 0 Å². The first-order valence-corrected chi connectivity index (χ1v) is 6.39. The van der Waals surface area contributed by atoms with Gasteiger partial charge in [-0.3, -0.25) is 25.0 Å². The Bertz CT molecular complexity index is 739. The lowest BCUT2D eigenvalue weighted by Gasteiger charge is -2.00. The fourth-order valence-electron chi connectivity index (χ4n) is 1.73. The molecule has 0 atom stereocenters. The van der Waals surface area contributed by atoms with Crippen molar-refractivity contribution in [2.24, 2.45) is 0 Å². The van der Waals surface area contributed by atoms with Crippen LogP contribution in [0.4, 0.5) is 5.69 Å². The molecule has 0 heterocycles. The van der Waals surface area contributed by atoms with Crippen LogP contribution >= 0.6 is 0 Å². The van der Waals surface area contributed by atoms with Crippen LogP contribution in [-0.4, -0.2) is 16.7 Å². The van der Waals surface area contributed by atoms with E-state index in [4.69, 9.17) is 0 Å². The minimum Gasteiger partial charge on any atom is -0.289 e. The van der Waals surface area contributed by atoms with Crippen LogP contribution in [-0.2, 0) is 4.79 Å². The highest BCUT2D eigenvalue weighted by molar-refractivity contribution is 6.09. The fourth-order valence-corrected chi connectivity index (χ4v) is 1.73. The van der Waals surface area contributed by atoms with Gasteiger partial charge in [-0.15, -0.1) is 0 Å². The van der Waals surface area contributed by atoms with Gasteiger partial charge in [0.2, 0.25) is 0 Å². The van der Waals surface area contributed by atoms with Gasteiger partial charge in [-0.1, -0.05) is 30.3 Å². The molecule has 1 N–H and O–H groups in total. The van der Waals surface area contributed by atoms with Crippen molar-refractivity contribution in [3.05, 3.63) is 81.9 Å². The average Bonchev–Trinajstić information content (AvgIpc) is 2.54. The zero-order valence-electron chi connectivity index (χ0n) is 11.4. The molecule has 0 aliphatic heterocycles. The van der Waals surface area contributed by atoms with E-state index in [1.807, 2.05) is 0 Å². The Hall–Kier alpha value is -3.28. The third kappa shape index (κ3) is 4.11. The Morgan fingerprint density at radius 2 is 1.77 bits per heavy atom. The highest BCUT2D eigenvalue weighted by atomic mass is 16.6.